The van der Waals surface area contributed by atoms with Crippen molar-refractivity contribution < 1.29 is 19.1 Å². The monoisotopic (exact) mass is 225 g/mol. The molecule has 88 valence electrons. The third-order valence-electron chi connectivity index (χ3n) is 2.81. The Bertz CT molecular complexity index is 397. The molecule has 1 rings (SSSR count). The van der Waals surface area contributed by atoms with Crippen LogP contribution < -0.4 is 5.32 Å². The first kappa shape index (κ1) is 12.4. The second-order valence-corrected chi connectivity index (χ2v) is 3.86. The summed E-state index contributed by atoms with van der Waals surface area (Å²) < 4.78 is 4.85. The minimum Gasteiger partial charge on any atom is -0.463 e. The highest BCUT2D eigenvalue weighted by molar-refractivity contribution is 6.17. The van der Waals surface area contributed by atoms with Gasteiger partial charge in [0.15, 0.2) is 0 Å². The van der Waals surface area contributed by atoms with Crippen LogP contribution in [-0.4, -0.2) is 24.3 Å². The van der Waals surface area contributed by atoms with Gasteiger partial charge < -0.3 is 10.1 Å². The van der Waals surface area contributed by atoms with Gasteiger partial charge in [-0.05, 0) is 27.7 Å². The van der Waals surface area contributed by atoms with Crippen LogP contribution in [0.1, 0.15) is 27.7 Å². The van der Waals surface area contributed by atoms with Crippen molar-refractivity contribution in [3.05, 3.63) is 11.3 Å². The van der Waals surface area contributed by atoms with Crippen LogP contribution in [0.4, 0.5) is 0 Å². The number of amides is 1. The molecule has 0 fully saturated rings. The lowest BCUT2D eigenvalue weighted by molar-refractivity contribution is -0.145. The molecule has 0 aromatic heterocycles. The Balaban J connectivity index is 3.22. The molecule has 0 bridgehead atoms. The van der Waals surface area contributed by atoms with Crippen molar-refractivity contribution in [1.29, 1.82) is 0 Å². The van der Waals surface area contributed by atoms with E-state index in [9.17, 15) is 14.4 Å². The molecular formula is C11H15NO4. The Morgan fingerprint density at radius 2 is 2.00 bits per heavy atom. The number of hydrogen-bond donors (Lipinski definition) is 1. The average molecular weight is 225 g/mol. The quantitative estimate of drug-likeness (QED) is 0.562. The molecule has 0 spiro atoms. The van der Waals surface area contributed by atoms with E-state index in [1.54, 1.807) is 13.8 Å². The fourth-order valence-electron chi connectivity index (χ4n) is 1.74. The van der Waals surface area contributed by atoms with Gasteiger partial charge in [-0.2, -0.15) is 0 Å². The van der Waals surface area contributed by atoms with Gasteiger partial charge in [-0.3, -0.25) is 9.59 Å². The topological polar surface area (TPSA) is 72.5 Å². The van der Waals surface area contributed by atoms with Gasteiger partial charge in [0.05, 0.1) is 12.2 Å². The largest absolute Gasteiger partial charge is 0.463 e. The highest BCUT2D eigenvalue weighted by Gasteiger charge is 2.51. The zero-order valence-corrected chi connectivity index (χ0v) is 9.84. The van der Waals surface area contributed by atoms with E-state index in [4.69, 9.17) is 4.74 Å². The van der Waals surface area contributed by atoms with E-state index in [0.29, 0.717) is 5.70 Å². The summed E-state index contributed by atoms with van der Waals surface area (Å²) in [7, 11) is 0. The summed E-state index contributed by atoms with van der Waals surface area (Å²) in [6.45, 7) is 6.18. The predicted molar refractivity (Wildman–Crippen MR) is 56.3 cm³/mol. The summed E-state index contributed by atoms with van der Waals surface area (Å²) in [6, 6.07) is 0. The van der Waals surface area contributed by atoms with E-state index in [1.807, 2.05) is 0 Å². The predicted octanol–water partition coefficient (Wildman–Crippen LogP) is 0.549. The molecule has 1 aliphatic heterocycles. The van der Waals surface area contributed by atoms with E-state index >= 15 is 0 Å². The van der Waals surface area contributed by atoms with E-state index in [1.165, 1.54) is 13.8 Å². The number of carbonyl (C=O) groups excluding carboxylic acids is 3. The van der Waals surface area contributed by atoms with E-state index in [2.05, 4.69) is 5.32 Å². The SMILES string of the molecule is CCOC(=O)C1=C(C)NC(=O)C1(C)C(C)=O. The number of ether oxygens (including phenoxy) is 1. The number of carbonyl (C=O) groups is 3. The molecular weight excluding hydrogens is 210 g/mol. The molecule has 0 saturated carbocycles. The second kappa shape index (κ2) is 4.08. The van der Waals surface area contributed by atoms with Crippen LogP contribution >= 0.6 is 0 Å². The third-order valence-corrected chi connectivity index (χ3v) is 2.81. The van der Waals surface area contributed by atoms with Crippen molar-refractivity contribution in [2.24, 2.45) is 5.41 Å². The average Bonchev–Trinajstić information content (AvgIpc) is 2.39. The first-order valence-electron chi connectivity index (χ1n) is 5.06. The molecule has 1 atom stereocenters. The Morgan fingerprint density at radius 1 is 1.44 bits per heavy atom. The van der Waals surface area contributed by atoms with Crippen molar-refractivity contribution in [3.8, 4) is 0 Å². The highest BCUT2D eigenvalue weighted by atomic mass is 16.5. The molecule has 1 N–H and O–H groups in total. The third kappa shape index (κ3) is 1.62. The molecule has 0 radical (unpaired) electrons. The first-order valence-corrected chi connectivity index (χ1v) is 5.06. The maximum Gasteiger partial charge on any atom is 0.337 e. The van der Waals surface area contributed by atoms with Crippen LogP contribution in [0.2, 0.25) is 0 Å². The van der Waals surface area contributed by atoms with Gasteiger partial charge in [-0.15, -0.1) is 0 Å². The normalized spacial score (nSPS) is 24.4. The van der Waals surface area contributed by atoms with Gasteiger partial charge in [-0.1, -0.05) is 0 Å². The second-order valence-electron chi connectivity index (χ2n) is 3.86. The van der Waals surface area contributed by atoms with Crippen LogP contribution in [0.25, 0.3) is 0 Å². The lowest BCUT2D eigenvalue weighted by Crippen LogP contribution is -2.39. The molecule has 1 heterocycles. The minimum atomic E-state index is -1.42. The molecule has 0 aliphatic carbocycles. The van der Waals surface area contributed by atoms with Gasteiger partial charge in [-0.25, -0.2) is 4.79 Å². The van der Waals surface area contributed by atoms with E-state index in [0.717, 1.165) is 0 Å². The number of nitrogens with one attached hydrogen (secondary N) is 1. The van der Waals surface area contributed by atoms with E-state index < -0.39 is 17.3 Å². The van der Waals surface area contributed by atoms with Crippen LogP contribution in [0, 0.1) is 5.41 Å². The van der Waals surface area contributed by atoms with Gasteiger partial charge in [0.25, 0.3) is 0 Å². The lowest BCUT2D eigenvalue weighted by atomic mass is 9.79. The highest BCUT2D eigenvalue weighted by Crippen LogP contribution is 2.36. The lowest BCUT2D eigenvalue weighted by Gasteiger charge is -2.20. The summed E-state index contributed by atoms with van der Waals surface area (Å²) in [5.41, 5.74) is -0.913. The van der Waals surface area contributed by atoms with Gasteiger partial charge in [0, 0.05) is 5.70 Å². The number of esters is 1. The maximum absolute atomic E-state index is 11.7. The van der Waals surface area contributed by atoms with Crippen LogP contribution in [0.15, 0.2) is 11.3 Å². The maximum atomic E-state index is 11.7. The first-order chi connectivity index (χ1) is 7.35. The molecule has 1 aliphatic rings. The van der Waals surface area contributed by atoms with Gasteiger partial charge >= 0.3 is 5.97 Å². The summed E-state index contributed by atoms with van der Waals surface area (Å²) in [6.07, 6.45) is 0. The number of rotatable bonds is 3. The zero-order valence-electron chi connectivity index (χ0n) is 9.84. The summed E-state index contributed by atoms with van der Waals surface area (Å²) in [4.78, 5) is 34.9. The van der Waals surface area contributed by atoms with Crippen LogP contribution in [-0.2, 0) is 19.1 Å². The minimum absolute atomic E-state index is 0.117. The zero-order chi connectivity index (χ0) is 12.5. The van der Waals surface area contributed by atoms with Crippen molar-refractivity contribution in [1.82, 2.24) is 5.32 Å². The smallest absolute Gasteiger partial charge is 0.337 e. The van der Waals surface area contributed by atoms with Crippen molar-refractivity contribution in [3.63, 3.8) is 0 Å². The molecule has 0 aromatic rings. The van der Waals surface area contributed by atoms with Crippen molar-refractivity contribution in [2.45, 2.75) is 27.7 Å². The van der Waals surface area contributed by atoms with Crippen molar-refractivity contribution in [2.75, 3.05) is 6.61 Å². The molecule has 0 saturated heterocycles. The Labute approximate surface area is 93.8 Å². The summed E-state index contributed by atoms with van der Waals surface area (Å²) in [5.74, 6) is -1.46. The fraction of sp³-hybridized carbons (Fsp3) is 0.545. The standard InChI is InChI=1S/C11H15NO4/c1-5-16-9(14)8-6(2)12-10(15)11(8,4)7(3)13/h5H2,1-4H3,(H,12,15). The number of ketones is 1. The molecule has 5 heteroatoms. The summed E-state index contributed by atoms with van der Waals surface area (Å²) >= 11 is 0. The van der Waals surface area contributed by atoms with Crippen LogP contribution in [0.5, 0.6) is 0 Å². The molecule has 1 unspecified atom stereocenters. The number of hydrogen-bond acceptors (Lipinski definition) is 4. The van der Waals surface area contributed by atoms with E-state index in [-0.39, 0.29) is 18.0 Å². The fourth-order valence-corrected chi connectivity index (χ4v) is 1.74. The molecule has 1 amide bonds. The Morgan fingerprint density at radius 3 is 2.44 bits per heavy atom. The Hall–Kier alpha value is -1.65. The molecule has 0 aromatic carbocycles. The summed E-state index contributed by atoms with van der Waals surface area (Å²) in [5, 5.41) is 2.50. The number of Topliss-reactive ketones (excluding diaryl/α,β-unsaturated/α-hetero) is 1. The molecule has 5 nitrogen and oxygen atoms in total. The van der Waals surface area contributed by atoms with Gasteiger partial charge in [0.2, 0.25) is 5.91 Å². The van der Waals surface area contributed by atoms with Gasteiger partial charge in [0.1, 0.15) is 11.2 Å². The number of allylic oxidation sites excluding steroid dienone is 1. The van der Waals surface area contributed by atoms with Crippen LogP contribution in [0.3, 0.4) is 0 Å². The molecule has 16 heavy (non-hydrogen) atoms. The Kier molecular flexibility index (Phi) is 3.16. The van der Waals surface area contributed by atoms with Crippen molar-refractivity contribution >= 4 is 17.7 Å².